The summed E-state index contributed by atoms with van der Waals surface area (Å²) in [5, 5.41) is 5.08. The molecule has 0 atom stereocenters. The van der Waals surface area contributed by atoms with E-state index in [0.29, 0.717) is 5.56 Å². The van der Waals surface area contributed by atoms with Crippen LogP contribution < -0.4 is 5.32 Å². The molecule has 0 saturated heterocycles. The van der Waals surface area contributed by atoms with Gasteiger partial charge in [0.2, 0.25) is 0 Å². The van der Waals surface area contributed by atoms with Gasteiger partial charge >= 0.3 is 0 Å². The quantitative estimate of drug-likeness (QED) is 0.510. The zero-order valence-electron chi connectivity index (χ0n) is 11.2. The number of carbonyl (C=O) groups is 1. The van der Waals surface area contributed by atoms with Crippen LogP contribution in [0.1, 0.15) is 10.4 Å². The monoisotopic (exact) mass is 275 g/mol. The van der Waals surface area contributed by atoms with E-state index < -0.39 is 0 Å². The number of fused-ring (bicyclic) bond motifs is 2. The van der Waals surface area contributed by atoms with Crippen LogP contribution in [0.15, 0.2) is 60.9 Å². The van der Waals surface area contributed by atoms with Gasteiger partial charge in [-0.15, -0.1) is 0 Å². The molecule has 4 rings (SSSR count). The van der Waals surface area contributed by atoms with E-state index in [-0.39, 0.29) is 5.91 Å². The molecule has 2 aromatic carbocycles. The molecule has 4 heteroatoms. The number of hydrogen-bond acceptors (Lipinski definition) is 1. The lowest BCUT2D eigenvalue weighted by atomic mass is 10.1. The number of hydrogen-bond donors (Lipinski definition) is 3. The molecular formula is C17H13N3O. The van der Waals surface area contributed by atoms with E-state index in [1.165, 1.54) is 0 Å². The van der Waals surface area contributed by atoms with E-state index in [1.54, 1.807) is 0 Å². The summed E-state index contributed by atoms with van der Waals surface area (Å²) in [5.74, 6) is -0.120. The summed E-state index contributed by atoms with van der Waals surface area (Å²) in [7, 11) is 0. The Morgan fingerprint density at radius 2 is 1.48 bits per heavy atom. The van der Waals surface area contributed by atoms with Gasteiger partial charge in [0.25, 0.3) is 5.91 Å². The Morgan fingerprint density at radius 3 is 2.29 bits per heavy atom. The van der Waals surface area contributed by atoms with Gasteiger partial charge in [0.15, 0.2) is 0 Å². The molecule has 0 radical (unpaired) electrons. The predicted molar refractivity (Wildman–Crippen MR) is 84.6 cm³/mol. The van der Waals surface area contributed by atoms with Crippen LogP contribution in [-0.4, -0.2) is 15.9 Å². The molecule has 0 aliphatic carbocycles. The van der Waals surface area contributed by atoms with E-state index in [1.807, 2.05) is 60.9 Å². The molecule has 4 nitrogen and oxygen atoms in total. The van der Waals surface area contributed by atoms with Gasteiger partial charge in [0, 0.05) is 23.2 Å². The Bertz CT molecular complexity index is 949. The van der Waals surface area contributed by atoms with Gasteiger partial charge in [-0.25, -0.2) is 0 Å². The Labute approximate surface area is 120 Å². The number of H-pyrrole nitrogens is 2. The first kappa shape index (κ1) is 11.8. The van der Waals surface area contributed by atoms with Crippen molar-refractivity contribution in [2.24, 2.45) is 0 Å². The molecule has 4 aromatic rings. The van der Waals surface area contributed by atoms with Crippen LogP contribution in [0.3, 0.4) is 0 Å². The Hall–Kier alpha value is -3.01. The molecule has 0 bridgehead atoms. The number of carbonyl (C=O) groups excluding carboxylic acids is 1. The molecule has 0 aliphatic rings. The summed E-state index contributed by atoms with van der Waals surface area (Å²) < 4.78 is 0. The fourth-order valence-electron chi connectivity index (χ4n) is 2.65. The molecular weight excluding hydrogens is 262 g/mol. The van der Waals surface area contributed by atoms with Crippen molar-refractivity contribution >= 4 is 33.4 Å². The number of benzene rings is 2. The topological polar surface area (TPSA) is 60.7 Å². The molecule has 3 N–H and O–H groups in total. The van der Waals surface area contributed by atoms with Crippen molar-refractivity contribution in [1.29, 1.82) is 0 Å². The Balaban J connectivity index is 1.76. The van der Waals surface area contributed by atoms with Crippen LogP contribution in [0.4, 0.5) is 5.69 Å². The van der Waals surface area contributed by atoms with Gasteiger partial charge in [0.05, 0.1) is 22.3 Å². The molecule has 102 valence electrons. The lowest BCUT2D eigenvalue weighted by Crippen LogP contribution is -2.12. The second-order valence-electron chi connectivity index (χ2n) is 4.95. The van der Waals surface area contributed by atoms with Crippen molar-refractivity contribution in [2.45, 2.75) is 0 Å². The normalized spacial score (nSPS) is 11.0. The second kappa shape index (κ2) is 4.52. The highest BCUT2D eigenvalue weighted by Crippen LogP contribution is 2.23. The third-order valence-corrected chi connectivity index (χ3v) is 3.67. The van der Waals surface area contributed by atoms with E-state index in [9.17, 15) is 4.79 Å². The summed E-state index contributed by atoms with van der Waals surface area (Å²) in [4.78, 5) is 18.8. The lowest BCUT2D eigenvalue weighted by molar-refractivity contribution is 0.102. The predicted octanol–water partition coefficient (Wildman–Crippen LogP) is 3.90. The molecule has 0 saturated carbocycles. The van der Waals surface area contributed by atoms with Gasteiger partial charge in [0.1, 0.15) is 0 Å². The number of anilines is 1. The van der Waals surface area contributed by atoms with Gasteiger partial charge in [-0.1, -0.05) is 24.3 Å². The summed E-state index contributed by atoms with van der Waals surface area (Å²) in [6, 6.07) is 15.5. The fraction of sp³-hybridized carbons (Fsp3) is 0. The van der Waals surface area contributed by atoms with Crippen molar-refractivity contribution in [3.8, 4) is 0 Å². The van der Waals surface area contributed by atoms with Crippen LogP contribution in [0, 0.1) is 0 Å². The van der Waals surface area contributed by atoms with Gasteiger partial charge < -0.3 is 15.3 Å². The highest BCUT2D eigenvalue weighted by Gasteiger charge is 2.12. The maximum absolute atomic E-state index is 12.5. The van der Waals surface area contributed by atoms with E-state index in [0.717, 1.165) is 27.5 Å². The average molecular weight is 275 g/mol. The third-order valence-electron chi connectivity index (χ3n) is 3.67. The van der Waals surface area contributed by atoms with Crippen LogP contribution in [0.2, 0.25) is 0 Å². The highest BCUT2D eigenvalue weighted by atomic mass is 16.1. The minimum absolute atomic E-state index is 0.120. The smallest absolute Gasteiger partial charge is 0.257 e. The van der Waals surface area contributed by atoms with Crippen LogP contribution in [0.5, 0.6) is 0 Å². The molecule has 0 spiro atoms. The SMILES string of the molecule is O=C(Nc1cccc2cc[nH]c12)c1cccc2cc[nH]c12. The summed E-state index contributed by atoms with van der Waals surface area (Å²) in [6.45, 7) is 0. The first-order valence-corrected chi connectivity index (χ1v) is 6.76. The zero-order valence-corrected chi connectivity index (χ0v) is 11.2. The Morgan fingerprint density at radius 1 is 0.810 bits per heavy atom. The average Bonchev–Trinajstić information content (AvgIpc) is 3.15. The first-order valence-electron chi connectivity index (χ1n) is 6.76. The van der Waals surface area contributed by atoms with Gasteiger partial charge in [-0.2, -0.15) is 0 Å². The van der Waals surface area contributed by atoms with Gasteiger partial charge in [-0.3, -0.25) is 4.79 Å². The van der Waals surface area contributed by atoms with Crippen molar-refractivity contribution in [3.63, 3.8) is 0 Å². The van der Waals surface area contributed by atoms with Crippen LogP contribution >= 0.6 is 0 Å². The molecule has 0 fully saturated rings. The van der Waals surface area contributed by atoms with Crippen molar-refractivity contribution in [3.05, 3.63) is 66.5 Å². The van der Waals surface area contributed by atoms with Crippen LogP contribution in [0.25, 0.3) is 21.8 Å². The summed E-state index contributed by atoms with van der Waals surface area (Å²) in [6.07, 6.45) is 3.71. The van der Waals surface area contributed by atoms with Crippen molar-refractivity contribution in [1.82, 2.24) is 9.97 Å². The van der Waals surface area contributed by atoms with E-state index in [2.05, 4.69) is 15.3 Å². The molecule has 1 amide bonds. The molecule has 0 unspecified atom stereocenters. The van der Waals surface area contributed by atoms with Crippen molar-refractivity contribution < 1.29 is 4.79 Å². The number of amides is 1. The molecule has 2 aromatic heterocycles. The van der Waals surface area contributed by atoms with Crippen molar-refractivity contribution in [2.75, 3.05) is 5.32 Å². The number of nitrogens with one attached hydrogen (secondary N) is 3. The Kier molecular flexibility index (Phi) is 2.54. The van der Waals surface area contributed by atoms with Gasteiger partial charge in [-0.05, 0) is 24.3 Å². The maximum Gasteiger partial charge on any atom is 0.257 e. The number of rotatable bonds is 2. The second-order valence-corrected chi connectivity index (χ2v) is 4.95. The summed E-state index contributed by atoms with van der Waals surface area (Å²) >= 11 is 0. The minimum Gasteiger partial charge on any atom is -0.361 e. The molecule has 2 heterocycles. The first-order chi connectivity index (χ1) is 10.3. The van der Waals surface area contributed by atoms with E-state index in [4.69, 9.17) is 0 Å². The number of aromatic nitrogens is 2. The third kappa shape index (κ3) is 1.89. The minimum atomic E-state index is -0.120. The lowest BCUT2D eigenvalue weighted by Gasteiger charge is -2.07. The summed E-state index contributed by atoms with van der Waals surface area (Å²) in [5.41, 5.74) is 3.21. The van der Waals surface area contributed by atoms with E-state index >= 15 is 0 Å². The molecule has 21 heavy (non-hydrogen) atoms. The highest BCUT2D eigenvalue weighted by molar-refractivity contribution is 6.14. The number of aromatic amines is 2. The van der Waals surface area contributed by atoms with Crippen LogP contribution in [-0.2, 0) is 0 Å². The largest absolute Gasteiger partial charge is 0.361 e. The molecule has 0 aliphatic heterocycles. The standard InChI is InChI=1S/C17H13N3O/c21-17(13-5-1-3-11-7-9-18-15(11)13)20-14-6-2-4-12-8-10-19-16(12)14/h1-10,18-19H,(H,20,21). The zero-order chi connectivity index (χ0) is 14.2. The number of para-hydroxylation sites is 2. The fourth-order valence-corrected chi connectivity index (χ4v) is 2.65. The maximum atomic E-state index is 12.5.